The highest BCUT2D eigenvalue weighted by atomic mass is 35.5. The smallest absolute Gasteiger partial charge is 0.143 e. The van der Waals surface area contributed by atoms with Crippen molar-refractivity contribution >= 4 is 35.6 Å². The van der Waals surface area contributed by atoms with Gasteiger partial charge in [0.25, 0.3) is 0 Å². The molecule has 0 aromatic heterocycles. The fourth-order valence-electron chi connectivity index (χ4n) is 1.80. The van der Waals surface area contributed by atoms with Crippen LogP contribution in [0.3, 0.4) is 0 Å². The maximum atomic E-state index is 13.1. The average Bonchev–Trinajstić information content (AvgIpc) is 2.31. The molecule has 0 saturated carbocycles. The van der Waals surface area contributed by atoms with Crippen LogP contribution in [0.15, 0.2) is 12.1 Å². The molecule has 6 heteroatoms. The summed E-state index contributed by atoms with van der Waals surface area (Å²) >= 11 is 11.8. The van der Waals surface area contributed by atoms with Gasteiger partial charge in [0.15, 0.2) is 0 Å². The molecule has 2 nitrogen and oxygen atoms in total. The van der Waals surface area contributed by atoms with Gasteiger partial charge in [0.05, 0.1) is 10.0 Å². The Morgan fingerprint density at radius 1 is 1.18 bits per heavy atom. The zero-order valence-electron chi connectivity index (χ0n) is 9.18. The van der Waals surface area contributed by atoms with Gasteiger partial charge in [0.2, 0.25) is 0 Å². The summed E-state index contributed by atoms with van der Waals surface area (Å²) in [5.41, 5.74) is 0.884. The van der Waals surface area contributed by atoms with E-state index in [-0.39, 0.29) is 17.4 Å². The second kappa shape index (κ2) is 6.76. The van der Waals surface area contributed by atoms with Crippen LogP contribution in [0.4, 0.5) is 4.39 Å². The first kappa shape index (κ1) is 15.0. The van der Waals surface area contributed by atoms with Crippen molar-refractivity contribution < 1.29 is 4.39 Å². The van der Waals surface area contributed by atoms with E-state index in [0.717, 1.165) is 38.3 Å². The topological polar surface area (TPSA) is 15.3 Å². The van der Waals surface area contributed by atoms with Crippen molar-refractivity contribution in [1.82, 2.24) is 10.2 Å². The molecular weight excluding hydrogens is 285 g/mol. The molecule has 1 saturated heterocycles. The second-order valence-corrected chi connectivity index (χ2v) is 4.62. The molecule has 0 bridgehead atoms. The minimum atomic E-state index is -0.462. The number of halogens is 4. The van der Waals surface area contributed by atoms with Gasteiger partial charge in [-0.25, -0.2) is 4.39 Å². The Labute approximate surface area is 116 Å². The number of hydrogen-bond acceptors (Lipinski definition) is 2. The third-order valence-electron chi connectivity index (χ3n) is 2.72. The van der Waals surface area contributed by atoms with Crippen LogP contribution in [0.25, 0.3) is 0 Å². The minimum absolute atomic E-state index is 0. The largest absolute Gasteiger partial charge is 0.314 e. The lowest BCUT2D eigenvalue weighted by Gasteiger charge is -2.27. The van der Waals surface area contributed by atoms with Gasteiger partial charge in [0, 0.05) is 32.7 Å². The molecule has 1 aromatic carbocycles. The standard InChI is InChI=1S/C11H13Cl2FN2.ClH/c12-10-8(1-2-9(14)11(10)13)7-16-5-3-15-4-6-16;/h1-2,15H,3-7H2;1H. The zero-order chi connectivity index (χ0) is 11.5. The first-order valence-corrected chi connectivity index (χ1v) is 5.99. The summed E-state index contributed by atoms with van der Waals surface area (Å²) in [5.74, 6) is -0.462. The number of hydrogen-bond donors (Lipinski definition) is 1. The van der Waals surface area contributed by atoms with Gasteiger partial charge in [-0.15, -0.1) is 12.4 Å². The monoisotopic (exact) mass is 298 g/mol. The molecule has 0 aliphatic carbocycles. The van der Waals surface area contributed by atoms with E-state index < -0.39 is 5.82 Å². The van der Waals surface area contributed by atoms with E-state index in [1.54, 1.807) is 6.07 Å². The summed E-state index contributed by atoms with van der Waals surface area (Å²) in [6.07, 6.45) is 0. The molecule has 96 valence electrons. The number of nitrogens with one attached hydrogen (secondary N) is 1. The van der Waals surface area contributed by atoms with Gasteiger partial charge >= 0.3 is 0 Å². The number of nitrogens with zero attached hydrogens (tertiary/aromatic N) is 1. The Balaban J connectivity index is 0.00000144. The summed E-state index contributed by atoms with van der Waals surface area (Å²) < 4.78 is 13.1. The molecule has 1 N–H and O–H groups in total. The maximum absolute atomic E-state index is 13.1. The highest BCUT2D eigenvalue weighted by Crippen LogP contribution is 2.29. The van der Waals surface area contributed by atoms with E-state index in [1.165, 1.54) is 6.07 Å². The summed E-state index contributed by atoms with van der Waals surface area (Å²) in [7, 11) is 0. The molecule has 0 amide bonds. The first-order valence-electron chi connectivity index (χ1n) is 5.24. The van der Waals surface area contributed by atoms with Crippen molar-refractivity contribution in [2.24, 2.45) is 0 Å². The molecule has 1 aromatic rings. The number of benzene rings is 1. The molecule has 0 radical (unpaired) electrons. The summed E-state index contributed by atoms with van der Waals surface area (Å²) in [5, 5.41) is 3.63. The van der Waals surface area contributed by atoms with E-state index in [4.69, 9.17) is 23.2 Å². The van der Waals surface area contributed by atoms with Gasteiger partial charge in [-0.05, 0) is 11.6 Å². The lowest BCUT2D eigenvalue weighted by atomic mass is 10.2. The molecule has 17 heavy (non-hydrogen) atoms. The molecular formula is C11H14Cl3FN2. The zero-order valence-corrected chi connectivity index (χ0v) is 11.5. The highest BCUT2D eigenvalue weighted by Gasteiger charge is 2.14. The predicted molar refractivity (Wildman–Crippen MR) is 71.8 cm³/mol. The summed E-state index contributed by atoms with van der Waals surface area (Å²) in [6, 6.07) is 3.07. The van der Waals surface area contributed by atoms with Crippen LogP contribution < -0.4 is 5.32 Å². The molecule has 1 fully saturated rings. The molecule has 0 unspecified atom stereocenters. The van der Waals surface area contributed by atoms with Crippen LogP contribution in [0.2, 0.25) is 10.0 Å². The van der Waals surface area contributed by atoms with Crippen LogP contribution >= 0.6 is 35.6 Å². The SMILES string of the molecule is Cl.Fc1ccc(CN2CCNCC2)c(Cl)c1Cl. The molecule has 2 rings (SSSR count). The van der Waals surface area contributed by atoms with Crippen LogP contribution in [0.1, 0.15) is 5.56 Å². The fraction of sp³-hybridized carbons (Fsp3) is 0.455. The molecule has 1 heterocycles. The van der Waals surface area contributed by atoms with Gasteiger partial charge in [-0.3, -0.25) is 4.90 Å². The Morgan fingerprint density at radius 2 is 1.82 bits per heavy atom. The maximum Gasteiger partial charge on any atom is 0.143 e. The molecule has 1 aliphatic rings. The van der Waals surface area contributed by atoms with Gasteiger partial charge < -0.3 is 5.32 Å². The molecule has 0 spiro atoms. The Kier molecular flexibility index (Phi) is 5.97. The van der Waals surface area contributed by atoms with Crippen LogP contribution in [0, 0.1) is 5.82 Å². The number of rotatable bonds is 2. The van der Waals surface area contributed by atoms with E-state index in [2.05, 4.69) is 10.2 Å². The molecule has 1 aliphatic heterocycles. The quantitative estimate of drug-likeness (QED) is 0.845. The van der Waals surface area contributed by atoms with Crippen molar-refractivity contribution in [2.45, 2.75) is 6.54 Å². The minimum Gasteiger partial charge on any atom is -0.314 e. The van der Waals surface area contributed by atoms with E-state index >= 15 is 0 Å². The molecule has 0 atom stereocenters. The van der Waals surface area contributed by atoms with Gasteiger partial charge in [-0.1, -0.05) is 29.3 Å². The van der Waals surface area contributed by atoms with E-state index in [9.17, 15) is 4.39 Å². The third-order valence-corrected chi connectivity index (χ3v) is 3.62. The van der Waals surface area contributed by atoms with Crippen LogP contribution in [-0.4, -0.2) is 31.1 Å². The van der Waals surface area contributed by atoms with Crippen LogP contribution in [-0.2, 0) is 6.54 Å². The lowest BCUT2D eigenvalue weighted by molar-refractivity contribution is 0.233. The first-order chi connectivity index (χ1) is 7.68. The van der Waals surface area contributed by atoms with E-state index in [1.807, 2.05) is 0 Å². The predicted octanol–water partition coefficient (Wildman–Crippen LogP) is 2.96. The van der Waals surface area contributed by atoms with Crippen molar-refractivity contribution in [3.63, 3.8) is 0 Å². The average molecular weight is 300 g/mol. The Morgan fingerprint density at radius 3 is 2.47 bits per heavy atom. The Hall–Kier alpha value is -0.0600. The van der Waals surface area contributed by atoms with Crippen molar-refractivity contribution in [1.29, 1.82) is 0 Å². The summed E-state index contributed by atoms with van der Waals surface area (Å²) in [4.78, 5) is 2.27. The summed E-state index contributed by atoms with van der Waals surface area (Å²) in [6.45, 7) is 4.64. The fourth-order valence-corrected chi connectivity index (χ4v) is 2.20. The van der Waals surface area contributed by atoms with Gasteiger partial charge in [0.1, 0.15) is 5.82 Å². The van der Waals surface area contributed by atoms with Crippen molar-refractivity contribution in [2.75, 3.05) is 26.2 Å². The van der Waals surface area contributed by atoms with E-state index in [0.29, 0.717) is 5.02 Å². The lowest BCUT2D eigenvalue weighted by Crippen LogP contribution is -2.42. The number of piperazine rings is 1. The van der Waals surface area contributed by atoms with Crippen molar-refractivity contribution in [3.05, 3.63) is 33.6 Å². The normalized spacial score (nSPS) is 16.6. The second-order valence-electron chi connectivity index (χ2n) is 3.86. The van der Waals surface area contributed by atoms with Crippen LogP contribution in [0.5, 0.6) is 0 Å². The van der Waals surface area contributed by atoms with Crippen molar-refractivity contribution in [3.8, 4) is 0 Å². The van der Waals surface area contributed by atoms with Gasteiger partial charge in [-0.2, -0.15) is 0 Å². The Bertz CT molecular complexity index is 381. The highest BCUT2D eigenvalue weighted by molar-refractivity contribution is 6.42. The third kappa shape index (κ3) is 3.70.